The first-order valence-corrected chi connectivity index (χ1v) is 7.85. The lowest BCUT2D eigenvalue weighted by atomic mass is 10.2. The summed E-state index contributed by atoms with van der Waals surface area (Å²) in [6, 6.07) is 1.40. The van der Waals surface area contributed by atoms with Crippen molar-refractivity contribution >= 4 is 22.0 Å². The molecule has 120 valence electrons. The van der Waals surface area contributed by atoms with Crippen LogP contribution < -0.4 is 0 Å². The van der Waals surface area contributed by atoms with Crippen LogP contribution in [0.4, 0.5) is 4.39 Å². The predicted molar refractivity (Wildman–Crippen MR) is 72.3 cm³/mol. The molecule has 1 aromatic rings. The second-order valence-electron chi connectivity index (χ2n) is 4.74. The van der Waals surface area contributed by atoms with Crippen LogP contribution in [0.3, 0.4) is 0 Å². The van der Waals surface area contributed by atoms with E-state index in [4.69, 9.17) is 5.11 Å². The van der Waals surface area contributed by atoms with Gasteiger partial charge < -0.3 is 9.84 Å². The third-order valence-corrected chi connectivity index (χ3v) is 5.37. The van der Waals surface area contributed by atoms with Gasteiger partial charge in [0.05, 0.1) is 17.6 Å². The molecule has 0 aromatic heterocycles. The number of carboxylic acids is 1. The zero-order valence-electron chi connectivity index (χ0n) is 11.7. The second-order valence-corrected chi connectivity index (χ2v) is 6.60. The van der Waals surface area contributed by atoms with Crippen molar-refractivity contribution in [2.24, 2.45) is 0 Å². The summed E-state index contributed by atoms with van der Waals surface area (Å²) in [5.74, 6) is -3.07. The number of carbonyl (C=O) groups excluding carboxylic acids is 1. The molecule has 1 heterocycles. The average molecular weight is 331 g/mol. The normalized spacial score (nSPS) is 19.1. The number of nitrogens with zero attached hydrogens (tertiary/aromatic N) is 1. The van der Waals surface area contributed by atoms with Gasteiger partial charge in [-0.2, -0.15) is 4.31 Å². The van der Waals surface area contributed by atoms with E-state index in [9.17, 15) is 22.4 Å². The van der Waals surface area contributed by atoms with E-state index in [-0.39, 0.29) is 18.5 Å². The van der Waals surface area contributed by atoms with Gasteiger partial charge in [-0.05, 0) is 31.0 Å². The Bertz CT molecular complexity index is 717. The number of esters is 1. The van der Waals surface area contributed by atoms with E-state index in [1.807, 2.05) is 0 Å². The quantitative estimate of drug-likeness (QED) is 0.821. The minimum Gasteiger partial charge on any atom is -0.480 e. The summed E-state index contributed by atoms with van der Waals surface area (Å²) in [6.07, 6.45) is 0.538. The van der Waals surface area contributed by atoms with Gasteiger partial charge in [-0.15, -0.1) is 0 Å². The summed E-state index contributed by atoms with van der Waals surface area (Å²) in [6.45, 7) is -0.00355. The van der Waals surface area contributed by atoms with Gasteiger partial charge in [0.15, 0.2) is 0 Å². The van der Waals surface area contributed by atoms with Gasteiger partial charge in [0.25, 0.3) is 0 Å². The van der Waals surface area contributed by atoms with E-state index >= 15 is 0 Å². The van der Waals surface area contributed by atoms with Crippen molar-refractivity contribution in [1.82, 2.24) is 4.31 Å². The molecule has 1 aliphatic rings. The fourth-order valence-electron chi connectivity index (χ4n) is 2.39. The van der Waals surface area contributed by atoms with E-state index in [1.54, 1.807) is 0 Å². The van der Waals surface area contributed by atoms with E-state index in [0.29, 0.717) is 12.5 Å². The van der Waals surface area contributed by atoms with Crippen molar-refractivity contribution < 1.29 is 32.2 Å². The Morgan fingerprint density at radius 2 is 2.09 bits per heavy atom. The van der Waals surface area contributed by atoms with Gasteiger partial charge in [0.2, 0.25) is 10.0 Å². The molecule has 0 radical (unpaired) electrons. The maximum Gasteiger partial charge on any atom is 0.339 e. The molecule has 2 rings (SSSR count). The fourth-order valence-corrected chi connectivity index (χ4v) is 4.23. The minimum atomic E-state index is -4.33. The SMILES string of the molecule is COC(=O)c1ccc(F)cc1S(=O)(=O)N1CCC[C@@H]1C(=O)O. The van der Waals surface area contributed by atoms with E-state index in [2.05, 4.69) is 4.74 Å². The number of benzene rings is 1. The Kier molecular flexibility index (Phi) is 4.47. The van der Waals surface area contributed by atoms with Crippen LogP contribution in [0.5, 0.6) is 0 Å². The van der Waals surface area contributed by atoms with Crippen LogP contribution in [0.15, 0.2) is 23.1 Å². The summed E-state index contributed by atoms with van der Waals surface area (Å²) in [7, 11) is -3.26. The van der Waals surface area contributed by atoms with Crippen LogP contribution in [0, 0.1) is 5.82 Å². The summed E-state index contributed by atoms with van der Waals surface area (Å²) in [5, 5.41) is 9.10. The van der Waals surface area contributed by atoms with Crippen molar-refractivity contribution in [2.75, 3.05) is 13.7 Å². The van der Waals surface area contributed by atoms with Crippen molar-refractivity contribution in [1.29, 1.82) is 0 Å². The number of hydrogen-bond acceptors (Lipinski definition) is 5. The first-order chi connectivity index (χ1) is 10.3. The number of halogens is 1. The fraction of sp³-hybridized carbons (Fsp3) is 0.385. The van der Waals surface area contributed by atoms with Crippen LogP contribution in [0.1, 0.15) is 23.2 Å². The molecule has 9 heteroatoms. The van der Waals surface area contributed by atoms with Crippen LogP contribution in [-0.4, -0.2) is 49.5 Å². The van der Waals surface area contributed by atoms with Crippen molar-refractivity contribution in [2.45, 2.75) is 23.8 Å². The van der Waals surface area contributed by atoms with Crippen LogP contribution in [-0.2, 0) is 19.6 Å². The molecule has 0 saturated carbocycles. The number of ether oxygens (including phenoxy) is 1. The Morgan fingerprint density at radius 1 is 1.41 bits per heavy atom. The molecule has 1 N–H and O–H groups in total. The molecule has 0 spiro atoms. The summed E-state index contributed by atoms with van der Waals surface area (Å²) >= 11 is 0. The number of carbonyl (C=O) groups is 2. The number of sulfonamides is 1. The molecule has 1 aliphatic heterocycles. The van der Waals surface area contributed by atoms with Gasteiger partial charge in [0, 0.05) is 6.54 Å². The van der Waals surface area contributed by atoms with Crippen molar-refractivity contribution in [3.8, 4) is 0 Å². The van der Waals surface area contributed by atoms with Crippen molar-refractivity contribution in [3.05, 3.63) is 29.6 Å². The largest absolute Gasteiger partial charge is 0.480 e. The average Bonchev–Trinajstić information content (AvgIpc) is 2.96. The lowest BCUT2D eigenvalue weighted by Crippen LogP contribution is -2.40. The van der Waals surface area contributed by atoms with Gasteiger partial charge in [-0.1, -0.05) is 0 Å². The number of carboxylic acid groups (broad SMARTS) is 1. The smallest absolute Gasteiger partial charge is 0.339 e. The Balaban J connectivity index is 2.56. The highest BCUT2D eigenvalue weighted by Gasteiger charge is 2.41. The number of aliphatic carboxylic acids is 1. The predicted octanol–water partition coefficient (Wildman–Crippen LogP) is 0.850. The molecule has 22 heavy (non-hydrogen) atoms. The highest BCUT2D eigenvalue weighted by atomic mass is 32.2. The van der Waals surface area contributed by atoms with Gasteiger partial charge in [0.1, 0.15) is 11.9 Å². The van der Waals surface area contributed by atoms with Crippen LogP contribution >= 0.6 is 0 Å². The molecule has 0 amide bonds. The molecule has 7 nitrogen and oxygen atoms in total. The Labute approximate surface area is 126 Å². The zero-order valence-corrected chi connectivity index (χ0v) is 12.5. The summed E-state index contributed by atoms with van der Waals surface area (Å²) in [5.41, 5.74) is -0.333. The topological polar surface area (TPSA) is 101 Å². The Morgan fingerprint density at radius 3 is 2.68 bits per heavy atom. The summed E-state index contributed by atoms with van der Waals surface area (Å²) in [4.78, 5) is 22.2. The third kappa shape index (κ3) is 2.81. The van der Waals surface area contributed by atoms with Gasteiger partial charge >= 0.3 is 11.9 Å². The molecule has 0 unspecified atom stereocenters. The van der Waals surface area contributed by atoms with Gasteiger partial charge in [-0.25, -0.2) is 17.6 Å². The maximum absolute atomic E-state index is 13.4. The highest BCUT2D eigenvalue weighted by molar-refractivity contribution is 7.89. The van der Waals surface area contributed by atoms with E-state index in [1.165, 1.54) is 0 Å². The number of rotatable bonds is 4. The molecule has 1 atom stereocenters. The molecule has 1 aromatic carbocycles. The van der Waals surface area contributed by atoms with E-state index < -0.39 is 38.7 Å². The lowest BCUT2D eigenvalue weighted by Gasteiger charge is -2.22. The molecule has 1 fully saturated rings. The van der Waals surface area contributed by atoms with Crippen LogP contribution in [0.25, 0.3) is 0 Å². The lowest BCUT2D eigenvalue weighted by molar-refractivity contribution is -0.140. The van der Waals surface area contributed by atoms with Crippen LogP contribution in [0.2, 0.25) is 0 Å². The molecular formula is C13H14FNO6S. The minimum absolute atomic E-state index is 0.00355. The van der Waals surface area contributed by atoms with Gasteiger partial charge in [-0.3, -0.25) is 4.79 Å². The highest BCUT2D eigenvalue weighted by Crippen LogP contribution is 2.29. The maximum atomic E-state index is 13.4. The molecule has 0 bridgehead atoms. The molecule has 0 aliphatic carbocycles. The number of hydrogen-bond donors (Lipinski definition) is 1. The first-order valence-electron chi connectivity index (χ1n) is 6.41. The first kappa shape index (κ1) is 16.4. The molecular weight excluding hydrogens is 317 g/mol. The third-order valence-electron chi connectivity index (χ3n) is 3.42. The monoisotopic (exact) mass is 331 g/mol. The number of methoxy groups -OCH3 is 1. The summed E-state index contributed by atoms with van der Waals surface area (Å²) < 4.78 is 44.0. The Hall–Kier alpha value is -2.00. The standard InChI is InChI=1S/C13H14FNO6S/c1-21-13(18)9-5-4-8(14)7-11(9)22(19,20)15-6-2-3-10(15)12(16)17/h4-5,7,10H,2-3,6H2,1H3,(H,16,17)/t10-/m1/s1. The second kappa shape index (κ2) is 6.01. The zero-order chi connectivity index (χ0) is 16.5. The molecule has 1 saturated heterocycles. The van der Waals surface area contributed by atoms with E-state index in [0.717, 1.165) is 23.5 Å². The van der Waals surface area contributed by atoms with Crippen molar-refractivity contribution in [3.63, 3.8) is 0 Å².